The van der Waals surface area contributed by atoms with Crippen molar-refractivity contribution in [2.45, 2.75) is 32.1 Å². The Labute approximate surface area is 58.7 Å². The van der Waals surface area contributed by atoms with Gasteiger partial charge in [0, 0.05) is 1.37 Å². The molecular weight excluding hydrogens is 108 g/mol. The summed E-state index contributed by atoms with van der Waals surface area (Å²) in [7, 11) is 0. The summed E-state index contributed by atoms with van der Waals surface area (Å²) in [5.41, 5.74) is 0. The Bertz CT molecular complexity index is 136. The molecule has 0 bridgehead atoms. The monoisotopic (exact) mass is 123 g/mol. The zero-order chi connectivity index (χ0) is 7.23. The van der Waals surface area contributed by atoms with Crippen LogP contribution in [0.5, 0.6) is 0 Å². The van der Waals surface area contributed by atoms with Gasteiger partial charge in [0.15, 0.2) is 0 Å². The normalized spacial score (nSPS) is 37.3. The van der Waals surface area contributed by atoms with Crippen molar-refractivity contribution in [2.24, 2.45) is 0 Å². The fourth-order valence-electron chi connectivity index (χ4n) is 0.926. The van der Waals surface area contributed by atoms with Crippen LogP contribution in [0.1, 0.15) is 33.5 Å². The molecular formula is C9H14. The second kappa shape index (κ2) is 4.37. The van der Waals surface area contributed by atoms with E-state index in [9.17, 15) is 0 Å². The zero-order valence-corrected chi connectivity index (χ0v) is 5.72. The molecule has 0 saturated carbocycles. The van der Waals surface area contributed by atoms with Gasteiger partial charge in [-0.15, -0.1) is 0 Å². The molecule has 1 aliphatic carbocycles. The van der Waals surface area contributed by atoms with Crippen LogP contribution in [-0.4, -0.2) is 0 Å². The average molecular weight is 123 g/mol. The van der Waals surface area contributed by atoms with Crippen LogP contribution in [0, 0.1) is 0 Å². The van der Waals surface area contributed by atoms with Gasteiger partial charge < -0.3 is 0 Å². The highest BCUT2D eigenvalue weighted by atomic mass is 13.9. The van der Waals surface area contributed by atoms with Crippen molar-refractivity contribution in [2.75, 3.05) is 0 Å². The van der Waals surface area contributed by atoms with Gasteiger partial charge in [0.1, 0.15) is 0 Å². The molecule has 0 aromatic carbocycles. The molecule has 1 atom stereocenters. The third-order valence-electron chi connectivity index (χ3n) is 1.47. The maximum Gasteiger partial charge on any atom is 0.0270 e. The maximum absolute atomic E-state index is 7.53. The van der Waals surface area contributed by atoms with Crippen molar-refractivity contribution in [1.29, 1.82) is 0 Å². The van der Waals surface area contributed by atoms with Crippen molar-refractivity contribution in [3.63, 3.8) is 0 Å². The zero-order valence-electron chi connectivity index (χ0n) is 6.72. The van der Waals surface area contributed by atoms with Crippen LogP contribution in [0.15, 0.2) is 24.3 Å². The first-order valence-corrected chi connectivity index (χ1v) is 3.63. The quantitative estimate of drug-likeness (QED) is 0.464. The van der Waals surface area contributed by atoms with Crippen LogP contribution in [0.25, 0.3) is 0 Å². The molecule has 0 heteroatoms. The number of allylic oxidation sites excluding steroid dienone is 4. The first-order chi connectivity index (χ1) is 4.89. The SMILES string of the molecule is [2H]C1C/C=C\C=C/CCC1. The molecule has 1 rings (SSSR count). The standard InChI is InChI=1S/C9H14/c1-2-4-6-8-9-7-5-3-1/h1-4H,5-9H2/b3-1-,4-2-/i7D. The van der Waals surface area contributed by atoms with E-state index in [0.717, 1.165) is 19.3 Å². The van der Waals surface area contributed by atoms with Crippen molar-refractivity contribution >= 4 is 0 Å². The molecule has 50 valence electrons. The molecule has 0 N–H and O–H groups in total. The lowest BCUT2D eigenvalue weighted by molar-refractivity contribution is 0.698. The number of rotatable bonds is 0. The van der Waals surface area contributed by atoms with Crippen LogP contribution >= 0.6 is 0 Å². The summed E-state index contributed by atoms with van der Waals surface area (Å²) in [6.07, 6.45) is 12.8. The molecule has 1 unspecified atom stereocenters. The second-order valence-corrected chi connectivity index (χ2v) is 2.31. The summed E-state index contributed by atoms with van der Waals surface area (Å²) in [4.78, 5) is 0. The van der Waals surface area contributed by atoms with E-state index in [4.69, 9.17) is 1.37 Å². The van der Waals surface area contributed by atoms with Crippen LogP contribution in [0.3, 0.4) is 0 Å². The summed E-state index contributed by atoms with van der Waals surface area (Å²) >= 11 is 0. The van der Waals surface area contributed by atoms with Gasteiger partial charge in [-0.25, -0.2) is 0 Å². The molecule has 1 aliphatic rings. The topological polar surface area (TPSA) is 0 Å². The van der Waals surface area contributed by atoms with Crippen molar-refractivity contribution < 1.29 is 1.37 Å². The van der Waals surface area contributed by atoms with Gasteiger partial charge >= 0.3 is 0 Å². The molecule has 0 fully saturated rings. The highest BCUT2D eigenvalue weighted by Gasteiger charge is 1.86. The highest BCUT2D eigenvalue weighted by molar-refractivity contribution is 5.02. The molecule has 0 amide bonds. The van der Waals surface area contributed by atoms with Gasteiger partial charge in [0.2, 0.25) is 0 Å². The molecule has 0 aromatic rings. The molecule has 0 nitrogen and oxygen atoms in total. The molecule has 9 heavy (non-hydrogen) atoms. The maximum atomic E-state index is 7.53. The first kappa shape index (κ1) is 5.28. The van der Waals surface area contributed by atoms with Crippen LogP contribution in [0.4, 0.5) is 0 Å². The Morgan fingerprint density at radius 1 is 1.00 bits per heavy atom. The van der Waals surface area contributed by atoms with E-state index >= 15 is 0 Å². The van der Waals surface area contributed by atoms with Gasteiger partial charge in [-0.2, -0.15) is 0 Å². The van der Waals surface area contributed by atoms with Gasteiger partial charge in [-0.05, 0) is 25.7 Å². The van der Waals surface area contributed by atoms with E-state index in [1.54, 1.807) is 0 Å². The van der Waals surface area contributed by atoms with Gasteiger partial charge in [0.25, 0.3) is 0 Å². The van der Waals surface area contributed by atoms with Crippen LogP contribution in [0.2, 0.25) is 0 Å². The minimum Gasteiger partial charge on any atom is -0.0845 e. The molecule has 0 spiro atoms. The lowest BCUT2D eigenvalue weighted by atomic mass is 10.1. The summed E-state index contributed by atoms with van der Waals surface area (Å²) in [6, 6.07) is 0. The predicted molar refractivity (Wildman–Crippen MR) is 41.4 cm³/mol. The van der Waals surface area contributed by atoms with E-state index in [-0.39, 0.29) is 6.40 Å². The Hall–Kier alpha value is -0.520. The van der Waals surface area contributed by atoms with Crippen LogP contribution < -0.4 is 0 Å². The lowest BCUT2D eigenvalue weighted by Crippen LogP contribution is -1.72. The Morgan fingerprint density at radius 2 is 1.78 bits per heavy atom. The van der Waals surface area contributed by atoms with Crippen molar-refractivity contribution in [3.05, 3.63) is 24.3 Å². The Balaban J connectivity index is 2.37. The lowest BCUT2D eigenvalue weighted by Gasteiger charge is -1.91. The van der Waals surface area contributed by atoms with E-state index in [2.05, 4.69) is 18.2 Å². The van der Waals surface area contributed by atoms with Gasteiger partial charge in [-0.1, -0.05) is 30.7 Å². The summed E-state index contributed by atoms with van der Waals surface area (Å²) < 4.78 is 7.53. The minimum atomic E-state index is 0.135. The van der Waals surface area contributed by atoms with Crippen LogP contribution in [-0.2, 0) is 0 Å². The smallest absolute Gasteiger partial charge is 0.0270 e. The number of hydrogen-bond acceptors (Lipinski definition) is 0. The highest BCUT2D eigenvalue weighted by Crippen LogP contribution is 2.06. The fourth-order valence-corrected chi connectivity index (χ4v) is 0.926. The predicted octanol–water partition coefficient (Wildman–Crippen LogP) is 3.06. The molecule has 0 heterocycles. The molecule has 0 aliphatic heterocycles. The minimum absolute atomic E-state index is 0.135. The largest absolute Gasteiger partial charge is 0.0845 e. The molecule has 0 aromatic heterocycles. The summed E-state index contributed by atoms with van der Waals surface area (Å²) in [5.74, 6) is 0. The third kappa shape index (κ3) is 3.12. The van der Waals surface area contributed by atoms with Crippen molar-refractivity contribution in [1.82, 2.24) is 0 Å². The van der Waals surface area contributed by atoms with Crippen molar-refractivity contribution in [3.8, 4) is 0 Å². The Morgan fingerprint density at radius 3 is 2.67 bits per heavy atom. The third-order valence-corrected chi connectivity index (χ3v) is 1.47. The van der Waals surface area contributed by atoms with E-state index in [1.807, 2.05) is 6.08 Å². The summed E-state index contributed by atoms with van der Waals surface area (Å²) in [5, 5.41) is 0. The second-order valence-electron chi connectivity index (χ2n) is 2.31. The Kier molecular flexibility index (Phi) is 2.56. The van der Waals surface area contributed by atoms with E-state index in [0.29, 0.717) is 0 Å². The number of hydrogen-bond donors (Lipinski definition) is 0. The van der Waals surface area contributed by atoms with Gasteiger partial charge in [0.05, 0.1) is 0 Å². The first-order valence-electron chi connectivity index (χ1n) is 4.21. The summed E-state index contributed by atoms with van der Waals surface area (Å²) in [6.45, 7) is 0. The molecule has 0 saturated heterocycles. The van der Waals surface area contributed by atoms with E-state index in [1.165, 1.54) is 6.42 Å². The molecule has 0 radical (unpaired) electrons. The van der Waals surface area contributed by atoms with Gasteiger partial charge in [-0.3, -0.25) is 0 Å². The average Bonchev–Trinajstić information content (AvgIpc) is 2.02. The fraction of sp³-hybridized carbons (Fsp3) is 0.556. The van der Waals surface area contributed by atoms with E-state index < -0.39 is 0 Å².